The van der Waals surface area contributed by atoms with E-state index >= 15 is 0 Å². The molecule has 0 aromatic carbocycles. The third-order valence-electron chi connectivity index (χ3n) is 3.13. The Morgan fingerprint density at radius 3 is 1.70 bits per heavy atom. The SMILES string of the molecule is CCC1CC(C)CC1CC. The summed E-state index contributed by atoms with van der Waals surface area (Å²) in [5.41, 5.74) is 0. The Kier molecular flexibility index (Phi) is 2.76. The number of rotatable bonds is 2. The highest BCUT2D eigenvalue weighted by Gasteiger charge is 2.28. The van der Waals surface area contributed by atoms with Gasteiger partial charge in [0.2, 0.25) is 0 Å². The molecule has 1 aliphatic carbocycles. The maximum atomic E-state index is 2.40. The summed E-state index contributed by atoms with van der Waals surface area (Å²) >= 11 is 0. The molecule has 0 bridgehead atoms. The van der Waals surface area contributed by atoms with E-state index in [-0.39, 0.29) is 0 Å². The third kappa shape index (κ3) is 1.53. The quantitative estimate of drug-likeness (QED) is 0.551. The molecule has 60 valence electrons. The Hall–Kier alpha value is 0. The first-order valence-electron chi connectivity index (χ1n) is 4.77. The Labute approximate surface area is 65.0 Å². The van der Waals surface area contributed by atoms with Crippen LogP contribution in [0.4, 0.5) is 0 Å². The summed E-state index contributed by atoms with van der Waals surface area (Å²) in [5.74, 6) is 3.12. The molecule has 0 spiro atoms. The van der Waals surface area contributed by atoms with Crippen molar-refractivity contribution in [1.82, 2.24) is 0 Å². The van der Waals surface area contributed by atoms with Crippen molar-refractivity contribution in [3.8, 4) is 0 Å². The van der Waals surface area contributed by atoms with Crippen molar-refractivity contribution >= 4 is 0 Å². The lowest BCUT2D eigenvalue weighted by molar-refractivity contribution is 0.367. The highest BCUT2D eigenvalue weighted by Crippen LogP contribution is 2.39. The lowest BCUT2D eigenvalue weighted by Gasteiger charge is -2.14. The molecule has 0 aromatic rings. The van der Waals surface area contributed by atoms with E-state index in [1.807, 2.05) is 0 Å². The number of hydrogen-bond acceptors (Lipinski definition) is 0. The van der Waals surface area contributed by atoms with Crippen LogP contribution in [0.25, 0.3) is 0 Å². The molecule has 1 rings (SSSR count). The minimum atomic E-state index is 1.01. The monoisotopic (exact) mass is 140 g/mol. The van der Waals surface area contributed by atoms with E-state index in [1.54, 1.807) is 0 Å². The van der Waals surface area contributed by atoms with Gasteiger partial charge in [0, 0.05) is 0 Å². The van der Waals surface area contributed by atoms with Crippen molar-refractivity contribution in [2.24, 2.45) is 17.8 Å². The summed E-state index contributed by atoms with van der Waals surface area (Å²) in [4.78, 5) is 0. The van der Waals surface area contributed by atoms with Gasteiger partial charge in [0.05, 0.1) is 0 Å². The second kappa shape index (κ2) is 3.41. The molecule has 0 N–H and O–H groups in total. The Balaban J connectivity index is 2.41. The van der Waals surface area contributed by atoms with Crippen molar-refractivity contribution in [2.45, 2.75) is 46.5 Å². The van der Waals surface area contributed by atoms with Crippen LogP contribution in [0.2, 0.25) is 0 Å². The molecule has 2 atom stereocenters. The standard InChI is InChI=1S/C10H20/c1-4-9-6-8(3)7-10(9)5-2/h8-10H,4-7H2,1-3H3. The minimum Gasteiger partial charge on any atom is -0.0651 e. The van der Waals surface area contributed by atoms with Crippen molar-refractivity contribution in [3.05, 3.63) is 0 Å². The molecule has 1 aliphatic rings. The lowest BCUT2D eigenvalue weighted by Crippen LogP contribution is -2.04. The van der Waals surface area contributed by atoms with Crippen molar-refractivity contribution < 1.29 is 0 Å². The fraction of sp³-hybridized carbons (Fsp3) is 1.00. The van der Waals surface area contributed by atoms with E-state index in [9.17, 15) is 0 Å². The third-order valence-corrected chi connectivity index (χ3v) is 3.13. The maximum Gasteiger partial charge on any atom is -0.0386 e. The predicted octanol–water partition coefficient (Wildman–Crippen LogP) is 3.47. The Morgan fingerprint density at radius 1 is 1.00 bits per heavy atom. The van der Waals surface area contributed by atoms with Gasteiger partial charge in [-0.15, -0.1) is 0 Å². The van der Waals surface area contributed by atoms with Crippen LogP contribution >= 0.6 is 0 Å². The first-order valence-corrected chi connectivity index (χ1v) is 4.77. The minimum absolute atomic E-state index is 1.01. The van der Waals surface area contributed by atoms with Crippen molar-refractivity contribution in [3.63, 3.8) is 0 Å². The van der Waals surface area contributed by atoms with Crippen LogP contribution in [0.15, 0.2) is 0 Å². The topological polar surface area (TPSA) is 0 Å². The second-order valence-corrected chi connectivity index (χ2v) is 3.91. The van der Waals surface area contributed by atoms with Crippen LogP contribution in [-0.2, 0) is 0 Å². The highest BCUT2D eigenvalue weighted by atomic mass is 14.3. The van der Waals surface area contributed by atoms with Gasteiger partial charge in [0.15, 0.2) is 0 Å². The van der Waals surface area contributed by atoms with Gasteiger partial charge >= 0.3 is 0 Å². The molecule has 0 aromatic heterocycles. The van der Waals surface area contributed by atoms with E-state index in [4.69, 9.17) is 0 Å². The van der Waals surface area contributed by atoms with Gasteiger partial charge in [0.1, 0.15) is 0 Å². The first-order chi connectivity index (χ1) is 4.77. The molecule has 10 heavy (non-hydrogen) atoms. The zero-order valence-corrected chi connectivity index (χ0v) is 7.56. The summed E-state index contributed by atoms with van der Waals surface area (Å²) < 4.78 is 0. The molecule has 0 nitrogen and oxygen atoms in total. The molecule has 0 aliphatic heterocycles. The normalized spacial score (nSPS) is 40.5. The average molecular weight is 140 g/mol. The molecule has 1 saturated carbocycles. The molecule has 1 fully saturated rings. The average Bonchev–Trinajstić information content (AvgIpc) is 2.30. The predicted molar refractivity (Wildman–Crippen MR) is 46.0 cm³/mol. The molecule has 0 heteroatoms. The molecule has 0 radical (unpaired) electrons. The van der Waals surface area contributed by atoms with Crippen LogP contribution in [0, 0.1) is 17.8 Å². The highest BCUT2D eigenvalue weighted by molar-refractivity contribution is 4.79. The smallest absolute Gasteiger partial charge is 0.0386 e. The van der Waals surface area contributed by atoms with Gasteiger partial charge in [-0.05, 0) is 30.6 Å². The van der Waals surface area contributed by atoms with Gasteiger partial charge in [0.25, 0.3) is 0 Å². The second-order valence-electron chi connectivity index (χ2n) is 3.91. The lowest BCUT2D eigenvalue weighted by atomic mass is 9.92. The van der Waals surface area contributed by atoms with Crippen LogP contribution in [0.1, 0.15) is 46.5 Å². The van der Waals surface area contributed by atoms with Crippen LogP contribution in [0.5, 0.6) is 0 Å². The first kappa shape index (κ1) is 8.10. The molecule has 0 heterocycles. The van der Waals surface area contributed by atoms with Crippen LogP contribution in [-0.4, -0.2) is 0 Å². The molecule has 0 amide bonds. The number of hydrogen-bond donors (Lipinski definition) is 0. The Bertz CT molecular complexity index is 84.2. The fourth-order valence-corrected chi connectivity index (χ4v) is 2.51. The summed E-state index contributed by atoms with van der Waals surface area (Å²) in [5, 5.41) is 0. The molecule has 2 unspecified atom stereocenters. The van der Waals surface area contributed by atoms with Gasteiger partial charge < -0.3 is 0 Å². The van der Waals surface area contributed by atoms with Gasteiger partial charge in [-0.25, -0.2) is 0 Å². The van der Waals surface area contributed by atoms with E-state index in [2.05, 4.69) is 20.8 Å². The summed E-state index contributed by atoms with van der Waals surface area (Å²) in [6, 6.07) is 0. The largest absolute Gasteiger partial charge is 0.0651 e. The van der Waals surface area contributed by atoms with Crippen LogP contribution < -0.4 is 0 Å². The summed E-state index contributed by atoms with van der Waals surface area (Å²) in [7, 11) is 0. The molecular formula is C10H20. The van der Waals surface area contributed by atoms with E-state index < -0.39 is 0 Å². The maximum absolute atomic E-state index is 2.40. The zero-order valence-electron chi connectivity index (χ0n) is 7.56. The van der Waals surface area contributed by atoms with Crippen molar-refractivity contribution in [1.29, 1.82) is 0 Å². The van der Waals surface area contributed by atoms with Crippen molar-refractivity contribution in [2.75, 3.05) is 0 Å². The fourth-order valence-electron chi connectivity index (χ4n) is 2.51. The molecular weight excluding hydrogens is 120 g/mol. The summed E-state index contributed by atoms with van der Waals surface area (Å²) in [6.07, 6.45) is 5.80. The zero-order chi connectivity index (χ0) is 7.56. The van der Waals surface area contributed by atoms with E-state index in [0.29, 0.717) is 0 Å². The van der Waals surface area contributed by atoms with Gasteiger partial charge in [-0.2, -0.15) is 0 Å². The summed E-state index contributed by atoms with van der Waals surface area (Å²) in [6.45, 7) is 7.08. The van der Waals surface area contributed by atoms with E-state index in [1.165, 1.54) is 25.7 Å². The Morgan fingerprint density at radius 2 is 1.40 bits per heavy atom. The molecule has 0 saturated heterocycles. The van der Waals surface area contributed by atoms with Crippen LogP contribution in [0.3, 0.4) is 0 Å². The van der Waals surface area contributed by atoms with Gasteiger partial charge in [-0.3, -0.25) is 0 Å². The van der Waals surface area contributed by atoms with Gasteiger partial charge in [-0.1, -0.05) is 33.6 Å². The van der Waals surface area contributed by atoms with E-state index in [0.717, 1.165) is 17.8 Å².